The summed E-state index contributed by atoms with van der Waals surface area (Å²) in [5.41, 5.74) is 0.226. The van der Waals surface area contributed by atoms with Gasteiger partial charge in [0.1, 0.15) is 11.6 Å². The highest BCUT2D eigenvalue weighted by atomic mass is 19.2. The Hall–Kier alpha value is -3.43. The average Bonchev–Trinajstić information content (AvgIpc) is 2.68. The molecule has 2 aromatic carbocycles. The molecule has 2 aliphatic heterocycles. The van der Waals surface area contributed by atoms with Crippen LogP contribution in [-0.2, 0) is 20.8 Å². The number of piperidine rings is 1. The van der Waals surface area contributed by atoms with Crippen molar-refractivity contribution in [2.75, 3.05) is 18.0 Å². The Morgan fingerprint density at radius 3 is 2.31 bits per heavy atom. The number of hydrogen-bond acceptors (Lipinski definition) is 4. The standard InChI is InChI=1S/C22H19F4N3O3/c23-15-3-1-11(5-16(15)24)6-20(31)27-12-9-29(10-12)13-7-17(25)21(18(26)8-13)14-2-4-19(30)28-22(14)32/h1,3,5,7-8,12,14H,2,4,6,9-10H2,(H,27,31)(H,28,30,32). The van der Waals surface area contributed by atoms with Crippen LogP contribution in [0.15, 0.2) is 30.3 Å². The number of hydrogen-bond donors (Lipinski definition) is 2. The second-order valence-corrected chi connectivity index (χ2v) is 7.92. The molecule has 2 aliphatic rings. The first-order chi connectivity index (χ1) is 15.2. The highest BCUT2D eigenvalue weighted by Gasteiger charge is 2.34. The molecule has 0 radical (unpaired) electrons. The number of anilines is 1. The van der Waals surface area contributed by atoms with E-state index >= 15 is 0 Å². The van der Waals surface area contributed by atoms with Crippen molar-refractivity contribution >= 4 is 23.4 Å². The molecule has 1 atom stereocenters. The molecule has 2 fully saturated rings. The van der Waals surface area contributed by atoms with Crippen molar-refractivity contribution in [1.29, 1.82) is 0 Å². The fourth-order valence-corrected chi connectivity index (χ4v) is 3.95. The summed E-state index contributed by atoms with van der Waals surface area (Å²) < 4.78 is 55.5. The van der Waals surface area contributed by atoms with Gasteiger partial charge in [-0.25, -0.2) is 17.6 Å². The summed E-state index contributed by atoms with van der Waals surface area (Å²) in [6.07, 6.45) is -0.0830. The Bertz CT molecular complexity index is 1080. The van der Waals surface area contributed by atoms with Gasteiger partial charge in [-0.05, 0) is 36.2 Å². The van der Waals surface area contributed by atoms with Crippen molar-refractivity contribution in [1.82, 2.24) is 10.6 Å². The van der Waals surface area contributed by atoms with E-state index in [0.29, 0.717) is 18.7 Å². The number of nitrogens with zero attached hydrogens (tertiary/aromatic N) is 1. The molecule has 4 rings (SSSR count). The van der Waals surface area contributed by atoms with E-state index in [1.807, 2.05) is 0 Å². The SMILES string of the molecule is O=C1CCC(c2c(F)cc(N3CC(NC(=O)Cc4ccc(F)c(F)c4)C3)cc2F)C(=O)N1. The molecule has 0 aliphatic carbocycles. The highest BCUT2D eigenvalue weighted by Crippen LogP contribution is 2.33. The lowest BCUT2D eigenvalue weighted by Gasteiger charge is -2.41. The van der Waals surface area contributed by atoms with E-state index in [1.165, 1.54) is 6.07 Å². The van der Waals surface area contributed by atoms with Crippen molar-refractivity contribution in [3.63, 3.8) is 0 Å². The van der Waals surface area contributed by atoms with Crippen LogP contribution in [0.1, 0.15) is 29.9 Å². The molecule has 168 valence electrons. The lowest BCUT2D eigenvalue weighted by atomic mass is 9.89. The smallest absolute Gasteiger partial charge is 0.234 e. The fourth-order valence-electron chi connectivity index (χ4n) is 3.95. The maximum Gasteiger partial charge on any atom is 0.234 e. The summed E-state index contributed by atoms with van der Waals surface area (Å²) in [5.74, 6) is -6.42. The van der Waals surface area contributed by atoms with Crippen molar-refractivity contribution in [3.05, 3.63) is 64.7 Å². The Morgan fingerprint density at radius 2 is 1.69 bits per heavy atom. The van der Waals surface area contributed by atoms with E-state index in [9.17, 15) is 31.9 Å². The number of amides is 3. The third-order valence-corrected chi connectivity index (χ3v) is 5.61. The van der Waals surface area contributed by atoms with E-state index in [-0.39, 0.29) is 42.5 Å². The maximum atomic E-state index is 14.6. The number of nitrogens with one attached hydrogen (secondary N) is 2. The Kier molecular flexibility index (Phi) is 5.86. The number of carbonyl (C=O) groups excluding carboxylic acids is 3. The minimum Gasteiger partial charge on any atom is -0.367 e. The zero-order valence-electron chi connectivity index (χ0n) is 16.8. The van der Waals surface area contributed by atoms with Crippen LogP contribution in [0.4, 0.5) is 23.2 Å². The number of benzene rings is 2. The van der Waals surface area contributed by atoms with Crippen LogP contribution in [-0.4, -0.2) is 36.9 Å². The minimum atomic E-state index is -1.07. The topological polar surface area (TPSA) is 78.5 Å². The Balaban J connectivity index is 1.35. The van der Waals surface area contributed by atoms with E-state index in [4.69, 9.17) is 0 Å². The van der Waals surface area contributed by atoms with Gasteiger partial charge in [0.15, 0.2) is 11.6 Å². The van der Waals surface area contributed by atoms with E-state index in [1.54, 1.807) is 4.90 Å². The molecule has 10 heteroatoms. The van der Waals surface area contributed by atoms with Crippen LogP contribution in [0.2, 0.25) is 0 Å². The van der Waals surface area contributed by atoms with E-state index in [0.717, 1.165) is 24.3 Å². The van der Waals surface area contributed by atoms with Gasteiger partial charge in [0.05, 0.1) is 18.4 Å². The zero-order chi connectivity index (χ0) is 23.0. The highest BCUT2D eigenvalue weighted by molar-refractivity contribution is 6.01. The van der Waals surface area contributed by atoms with Gasteiger partial charge in [0.2, 0.25) is 17.7 Å². The van der Waals surface area contributed by atoms with Gasteiger partial charge in [-0.3, -0.25) is 19.7 Å². The van der Waals surface area contributed by atoms with E-state index in [2.05, 4.69) is 10.6 Å². The molecule has 2 aromatic rings. The monoisotopic (exact) mass is 449 g/mol. The second kappa shape index (κ2) is 8.60. The maximum absolute atomic E-state index is 14.6. The summed E-state index contributed by atoms with van der Waals surface area (Å²) >= 11 is 0. The first-order valence-electron chi connectivity index (χ1n) is 10.0. The summed E-state index contributed by atoms with van der Waals surface area (Å²) in [4.78, 5) is 37.0. The summed E-state index contributed by atoms with van der Waals surface area (Å²) in [6.45, 7) is 0.611. The normalized spacial score (nSPS) is 18.9. The minimum absolute atomic E-state index is 0.00903. The molecule has 2 saturated heterocycles. The zero-order valence-corrected chi connectivity index (χ0v) is 16.8. The van der Waals surface area contributed by atoms with Gasteiger partial charge in [-0.1, -0.05) is 6.07 Å². The number of rotatable bonds is 5. The van der Waals surface area contributed by atoms with Crippen LogP contribution in [0, 0.1) is 23.3 Å². The molecule has 2 N–H and O–H groups in total. The average molecular weight is 449 g/mol. The molecule has 0 spiro atoms. The van der Waals surface area contributed by atoms with Crippen LogP contribution < -0.4 is 15.5 Å². The first kappa shape index (κ1) is 21.8. The quantitative estimate of drug-likeness (QED) is 0.543. The van der Waals surface area contributed by atoms with Crippen LogP contribution >= 0.6 is 0 Å². The third-order valence-electron chi connectivity index (χ3n) is 5.61. The molecule has 6 nitrogen and oxygen atoms in total. The predicted octanol–water partition coefficient (Wildman–Crippen LogP) is 2.31. The van der Waals surface area contributed by atoms with Gasteiger partial charge < -0.3 is 10.2 Å². The van der Waals surface area contributed by atoms with Crippen molar-refractivity contribution < 1.29 is 31.9 Å². The lowest BCUT2D eigenvalue weighted by Crippen LogP contribution is -2.59. The molecule has 1 unspecified atom stereocenters. The second-order valence-electron chi connectivity index (χ2n) is 7.92. The van der Waals surface area contributed by atoms with Crippen LogP contribution in [0.3, 0.4) is 0 Å². The number of halogens is 4. The number of imide groups is 1. The van der Waals surface area contributed by atoms with E-state index < -0.39 is 41.0 Å². The summed E-state index contributed by atoms with van der Waals surface area (Å²) in [6, 6.07) is 5.21. The molecule has 0 saturated carbocycles. The van der Waals surface area contributed by atoms with Crippen molar-refractivity contribution in [2.45, 2.75) is 31.2 Å². The van der Waals surface area contributed by atoms with Gasteiger partial charge in [0, 0.05) is 30.8 Å². The summed E-state index contributed by atoms with van der Waals surface area (Å²) in [7, 11) is 0. The van der Waals surface area contributed by atoms with Gasteiger partial charge >= 0.3 is 0 Å². The molecule has 32 heavy (non-hydrogen) atoms. The Labute approximate surface area is 180 Å². The molecule has 0 aromatic heterocycles. The van der Waals surface area contributed by atoms with Crippen LogP contribution in [0.5, 0.6) is 0 Å². The molecule has 3 amide bonds. The first-order valence-corrected chi connectivity index (χ1v) is 10.0. The van der Waals surface area contributed by atoms with Crippen LogP contribution in [0.25, 0.3) is 0 Å². The van der Waals surface area contributed by atoms with Gasteiger partial charge in [-0.15, -0.1) is 0 Å². The summed E-state index contributed by atoms with van der Waals surface area (Å²) in [5, 5.41) is 4.82. The number of carbonyl (C=O) groups is 3. The molecular formula is C22H19F4N3O3. The molecule has 0 bridgehead atoms. The lowest BCUT2D eigenvalue weighted by molar-refractivity contribution is -0.134. The fraction of sp³-hybridized carbons (Fsp3) is 0.318. The largest absolute Gasteiger partial charge is 0.367 e. The molecule has 2 heterocycles. The van der Waals surface area contributed by atoms with Crippen molar-refractivity contribution in [3.8, 4) is 0 Å². The Morgan fingerprint density at radius 1 is 1.00 bits per heavy atom. The predicted molar refractivity (Wildman–Crippen MR) is 106 cm³/mol. The molecular weight excluding hydrogens is 430 g/mol. The third kappa shape index (κ3) is 4.44. The van der Waals surface area contributed by atoms with Crippen molar-refractivity contribution in [2.24, 2.45) is 0 Å². The van der Waals surface area contributed by atoms with Gasteiger partial charge in [-0.2, -0.15) is 0 Å². The van der Waals surface area contributed by atoms with Gasteiger partial charge in [0.25, 0.3) is 0 Å².